The number of rotatable bonds is 4. The van der Waals surface area contributed by atoms with Crippen LogP contribution in [0.2, 0.25) is 0 Å². The van der Waals surface area contributed by atoms with Crippen molar-refractivity contribution in [1.29, 1.82) is 0 Å². The zero-order chi connectivity index (χ0) is 15.4. The summed E-state index contributed by atoms with van der Waals surface area (Å²) in [5, 5.41) is 6.98. The average molecular weight is 300 g/mol. The van der Waals surface area contributed by atoms with E-state index < -0.39 is 0 Å². The van der Waals surface area contributed by atoms with Crippen LogP contribution in [0.25, 0.3) is 0 Å². The molecule has 0 bridgehead atoms. The maximum Gasteiger partial charge on any atom is 0.259 e. The second-order valence-electron chi connectivity index (χ2n) is 5.61. The van der Waals surface area contributed by atoms with Crippen LogP contribution in [0.4, 0.5) is 0 Å². The van der Waals surface area contributed by atoms with E-state index >= 15 is 0 Å². The van der Waals surface area contributed by atoms with Crippen LogP contribution >= 0.6 is 0 Å². The van der Waals surface area contributed by atoms with Crippen LogP contribution < -0.4 is 4.74 Å². The quantitative estimate of drug-likeness (QED) is 0.936. The molecule has 6 nitrogen and oxygen atoms in total. The molecule has 2 aromatic heterocycles. The monoisotopic (exact) mass is 300 g/mol. The van der Waals surface area contributed by atoms with Crippen LogP contribution in [0.1, 0.15) is 28.9 Å². The minimum atomic E-state index is -0.000685. The molecule has 1 aliphatic heterocycles. The number of pyridine rings is 1. The fourth-order valence-electron chi connectivity index (χ4n) is 3.01. The van der Waals surface area contributed by atoms with Gasteiger partial charge in [0.05, 0.1) is 7.11 Å². The van der Waals surface area contributed by atoms with Gasteiger partial charge in [-0.25, -0.2) is 4.98 Å². The van der Waals surface area contributed by atoms with E-state index in [1.54, 1.807) is 24.5 Å². The summed E-state index contributed by atoms with van der Waals surface area (Å²) in [7, 11) is 1.54. The van der Waals surface area contributed by atoms with E-state index in [4.69, 9.17) is 4.74 Å². The van der Waals surface area contributed by atoms with E-state index in [2.05, 4.69) is 15.2 Å². The molecule has 0 aliphatic carbocycles. The van der Waals surface area contributed by atoms with Gasteiger partial charge in [-0.15, -0.1) is 0 Å². The van der Waals surface area contributed by atoms with Gasteiger partial charge in [0.25, 0.3) is 5.91 Å². The van der Waals surface area contributed by atoms with Crippen molar-refractivity contribution in [3.63, 3.8) is 0 Å². The first kappa shape index (κ1) is 14.6. The van der Waals surface area contributed by atoms with Gasteiger partial charge in [0, 0.05) is 31.2 Å². The van der Waals surface area contributed by atoms with Crippen molar-refractivity contribution in [2.45, 2.75) is 19.3 Å². The Bertz CT molecular complexity index is 627. The van der Waals surface area contributed by atoms with Gasteiger partial charge in [-0.05, 0) is 43.4 Å². The molecule has 0 spiro atoms. The molecule has 1 saturated heterocycles. The van der Waals surface area contributed by atoms with Crippen LogP contribution in [0.15, 0.2) is 30.6 Å². The molecule has 22 heavy (non-hydrogen) atoms. The molecule has 3 heterocycles. The predicted molar refractivity (Wildman–Crippen MR) is 81.7 cm³/mol. The SMILES string of the molecule is COc1ncccc1C(=O)N1CCC[C@@H](Cc2ccn[nH]2)C1. The second kappa shape index (κ2) is 6.60. The molecule has 0 unspecified atom stereocenters. The molecule has 0 radical (unpaired) electrons. The largest absolute Gasteiger partial charge is 0.480 e. The number of nitrogens with zero attached hydrogens (tertiary/aromatic N) is 3. The summed E-state index contributed by atoms with van der Waals surface area (Å²) < 4.78 is 5.20. The third kappa shape index (κ3) is 3.10. The average Bonchev–Trinajstić information content (AvgIpc) is 3.07. The summed E-state index contributed by atoms with van der Waals surface area (Å²) in [5.41, 5.74) is 1.66. The smallest absolute Gasteiger partial charge is 0.259 e. The van der Waals surface area contributed by atoms with E-state index in [0.29, 0.717) is 17.4 Å². The molecule has 1 amide bonds. The number of H-pyrrole nitrogens is 1. The fourth-order valence-corrected chi connectivity index (χ4v) is 3.01. The second-order valence-corrected chi connectivity index (χ2v) is 5.61. The molecular formula is C16H20N4O2. The van der Waals surface area contributed by atoms with Gasteiger partial charge >= 0.3 is 0 Å². The maximum atomic E-state index is 12.7. The summed E-state index contributed by atoms with van der Waals surface area (Å²) in [6, 6.07) is 5.53. The number of piperidine rings is 1. The number of hydrogen-bond acceptors (Lipinski definition) is 4. The summed E-state index contributed by atoms with van der Waals surface area (Å²) in [4.78, 5) is 18.7. The summed E-state index contributed by atoms with van der Waals surface area (Å²) in [5.74, 6) is 0.850. The van der Waals surface area contributed by atoms with E-state index in [1.807, 2.05) is 11.0 Å². The van der Waals surface area contributed by atoms with E-state index in [1.165, 1.54) is 7.11 Å². The third-order valence-electron chi connectivity index (χ3n) is 4.07. The maximum absolute atomic E-state index is 12.7. The number of aromatic nitrogens is 3. The Hall–Kier alpha value is -2.37. The van der Waals surface area contributed by atoms with Crippen LogP contribution in [-0.2, 0) is 6.42 Å². The lowest BCUT2D eigenvalue weighted by molar-refractivity contribution is 0.0668. The standard InChI is InChI=1S/C16H20N4O2/c1-22-15-14(5-2-7-17-15)16(21)20-9-3-4-12(11-20)10-13-6-8-18-19-13/h2,5-8,12H,3-4,9-11H2,1H3,(H,18,19)/t12-/m0/s1. The highest BCUT2D eigenvalue weighted by Crippen LogP contribution is 2.23. The Balaban J connectivity index is 1.70. The van der Waals surface area contributed by atoms with Crippen molar-refractivity contribution >= 4 is 5.91 Å². The number of amides is 1. The Morgan fingerprint density at radius 2 is 2.36 bits per heavy atom. The molecule has 2 aromatic rings. The van der Waals surface area contributed by atoms with Gasteiger partial charge in [0.1, 0.15) is 5.56 Å². The molecule has 1 aliphatic rings. The number of likely N-dealkylation sites (tertiary alicyclic amines) is 1. The number of nitrogens with one attached hydrogen (secondary N) is 1. The third-order valence-corrected chi connectivity index (χ3v) is 4.07. The zero-order valence-corrected chi connectivity index (χ0v) is 12.7. The number of ether oxygens (including phenoxy) is 1. The number of aromatic amines is 1. The lowest BCUT2D eigenvalue weighted by Gasteiger charge is -2.32. The van der Waals surface area contributed by atoms with E-state index in [-0.39, 0.29) is 5.91 Å². The fraction of sp³-hybridized carbons (Fsp3) is 0.438. The summed E-state index contributed by atoms with van der Waals surface area (Å²) >= 11 is 0. The van der Waals surface area contributed by atoms with Gasteiger partial charge in [-0.1, -0.05) is 0 Å². The first-order valence-corrected chi connectivity index (χ1v) is 7.54. The van der Waals surface area contributed by atoms with Crippen LogP contribution in [0, 0.1) is 5.92 Å². The van der Waals surface area contributed by atoms with Gasteiger partial charge in [0.2, 0.25) is 5.88 Å². The Morgan fingerprint density at radius 3 is 3.14 bits per heavy atom. The van der Waals surface area contributed by atoms with Gasteiger partial charge in [0.15, 0.2) is 0 Å². The molecule has 1 atom stereocenters. The lowest BCUT2D eigenvalue weighted by atomic mass is 9.93. The van der Waals surface area contributed by atoms with Crippen molar-refractivity contribution < 1.29 is 9.53 Å². The van der Waals surface area contributed by atoms with Crippen LogP contribution in [0.3, 0.4) is 0 Å². The van der Waals surface area contributed by atoms with E-state index in [0.717, 1.165) is 38.0 Å². The van der Waals surface area contributed by atoms with Crippen molar-refractivity contribution in [2.75, 3.05) is 20.2 Å². The highest BCUT2D eigenvalue weighted by atomic mass is 16.5. The topological polar surface area (TPSA) is 71.1 Å². The van der Waals surface area contributed by atoms with Crippen molar-refractivity contribution in [3.05, 3.63) is 41.9 Å². The van der Waals surface area contributed by atoms with Crippen molar-refractivity contribution in [1.82, 2.24) is 20.1 Å². The molecule has 6 heteroatoms. The Morgan fingerprint density at radius 1 is 1.45 bits per heavy atom. The van der Waals surface area contributed by atoms with Gasteiger partial charge in [-0.2, -0.15) is 5.10 Å². The van der Waals surface area contributed by atoms with Gasteiger partial charge < -0.3 is 9.64 Å². The summed E-state index contributed by atoms with van der Waals surface area (Å²) in [6.45, 7) is 1.55. The molecule has 1 N–H and O–H groups in total. The highest BCUT2D eigenvalue weighted by molar-refractivity contribution is 5.96. The number of carbonyl (C=O) groups is 1. The first-order valence-electron chi connectivity index (χ1n) is 7.54. The highest BCUT2D eigenvalue weighted by Gasteiger charge is 2.26. The minimum absolute atomic E-state index is 0.000685. The van der Waals surface area contributed by atoms with Crippen LogP contribution in [-0.4, -0.2) is 46.2 Å². The molecule has 1 fully saturated rings. The first-order chi connectivity index (χ1) is 10.8. The minimum Gasteiger partial charge on any atom is -0.480 e. The number of hydrogen-bond donors (Lipinski definition) is 1. The van der Waals surface area contributed by atoms with Crippen molar-refractivity contribution in [2.24, 2.45) is 5.92 Å². The van der Waals surface area contributed by atoms with E-state index in [9.17, 15) is 4.79 Å². The van der Waals surface area contributed by atoms with Crippen molar-refractivity contribution in [3.8, 4) is 5.88 Å². The zero-order valence-electron chi connectivity index (χ0n) is 12.7. The molecule has 116 valence electrons. The van der Waals surface area contributed by atoms with Gasteiger partial charge in [-0.3, -0.25) is 9.89 Å². The number of methoxy groups -OCH3 is 1. The molecule has 0 aromatic carbocycles. The lowest BCUT2D eigenvalue weighted by Crippen LogP contribution is -2.40. The molecule has 3 rings (SSSR count). The number of carbonyl (C=O) groups excluding carboxylic acids is 1. The van der Waals surface area contributed by atoms with Crippen LogP contribution in [0.5, 0.6) is 5.88 Å². The predicted octanol–water partition coefficient (Wildman–Crippen LogP) is 1.91. The Labute approximate surface area is 129 Å². The normalized spacial score (nSPS) is 18.2. The Kier molecular flexibility index (Phi) is 4.37. The summed E-state index contributed by atoms with van der Waals surface area (Å²) in [6.07, 6.45) is 6.47. The molecular weight excluding hydrogens is 280 g/mol. The molecule has 0 saturated carbocycles.